The predicted octanol–water partition coefficient (Wildman–Crippen LogP) is 0.952. The van der Waals surface area contributed by atoms with Crippen molar-refractivity contribution in [3.8, 4) is 0 Å². The molecule has 0 amide bonds. The van der Waals surface area contributed by atoms with Gasteiger partial charge in [-0.15, -0.1) is 0 Å². The summed E-state index contributed by atoms with van der Waals surface area (Å²) < 4.78 is 23.0. The van der Waals surface area contributed by atoms with E-state index in [4.69, 9.17) is 0 Å². The molecular formula is C9H19NO2S. The van der Waals surface area contributed by atoms with E-state index in [0.29, 0.717) is 6.04 Å². The first kappa shape index (κ1) is 11.0. The summed E-state index contributed by atoms with van der Waals surface area (Å²) in [6.07, 6.45) is 2.66. The minimum absolute atomic E-state index is 0.0819. The van der Waals surface area contributed by atoms with Crippen LogP contribution in [0.25, 0.3) is 0 Å². The van der Waals surface area contributed by atoms with Crippen LogP contribution in [0.4, 0.5) is 0 Å². The summed E-state index contributed by atoms with van der Waals surface area (Å²) in [4.78, 5) is 0. The SMILES string of the molecule is CCNC1CCC(S(=O)(=O)CC)C1. The molecule has 0 bridgehead atoms. The Morgan fingerprint density at radius 2 is 2.00 bits per heavy atom. The molecule has 0 saturated heterocycles. The number of hydrogen-bond donors (Lipinski definition) is 1. The predicted molar refractivity (Wildman–Crippen MR) is 54.6 cm³/mol. The maximum atomic E-state index is 11.5. The van der Waals surface area contributed by atoms with Crippen LogP contribution in [0.1, 0.15) is 33.1 Å². The van der Waals surface area contributed by atoms with Crippen LogP contribution < -0.4 is 5.32 Å². The average Bonchev–Trinajstić information content (AvgIpc) is 2.54. The fraction of sp³-hybridized carbons (Fsp3) is 1.00. The Kier molecular flexibility index (Phi) is 3.74. The van der Waals surface area contributed by atoms with Gasteiger partial charge in [0.2, 0.25) is 0 Å². The van der Waals surface area contributed by atoms with E-state index in [2.05, 4.69) is 12.2 Å². The molecule has 1 rings (SSSR count). The summed E-state index contributed by atoms with van der Waals surface area (Å²) in [5.41, 5.74) is 0. The molecule has 2 unspecified atom stereocenters. The summed E-state index contributed by atoms with van der Waals surface area (Å²) in [6, 6.07) is 0.427. The van der Waals surface area contributed by atoms with E-state index in [1.54, 1.807) is 6.92 Å². The van der Waals surface area contributed by atoms with Gasteiger partial charge in [-0.1, -0.05) is 13.8 Å². The van der Waals surface area contributed by atoms with Gasteiger partial charge in [-0.3, -0.25) is 0 Å². The Morgan fingerprint density at radius 3 is 2.54 bits per heavy atom. The van der Waals surface area contributed by atoms with Crippen molar-refractivity contribution in [1.29, 1.82) is 0 Å². The highest BCUT2D eigenvalue weighted by molar-refractivity contribution is 7.92. The summed E-state index contributed by atoms with van der Waals surface area (Å²) in [7, 11) is -2.79. The molecule has 0 spiro atoms. The van der Waals surface area contributed by atoms with Gasteiger partial charge in [-0.05, 0) is 25.8 Å². The van der Waals surface area contributed by atoms with Crippen molar-refractivity contribution in [2.45, 2.75) is 44.4 Å². The lowest BCUT2D eigenvalue weighted by Crippen LogP contribution is -2.28. The number of rotatable bonds is 4. The second-order valence-electron chi connectivity index (χ2n) is 3.64. The van der Waals surface area contributed by atoms with Gasteiger partial charge < -0.3 is 5.32 Å². The molecule has 4 heteroatoms. The molecule has 78 valence electrons. The van der Waals surface area contributed by atoms with Crippen LogP contribution in [0.15, 0.2) is 0 Å². The Morgan fingerprint density at radius 1 is 1.31 bits per heavy atom. The highest BCUT2D eigenvalue weighted by Crippen LogP contribution is 2.25. The molecule has 0 aliphatic heterocycles. The molecular weight excluding hydrogens is 186 g/mol. The van der Waals surface area contributed by atoms with E-state index >= 15 is 0 Å². The number of hydrogen-bond acceptors (Lipinski definition) is 3. The van der Waals surface area contributed by atoms with E-state index in [0.717, 1.165) is 25.8 Å². The summed E-state index contributed by atoms with van der Waals surface area (Å²) in [6.45, 7) is 4.72. The third kappa shape index (κ3) is 2.68. The first-order chi connectivity index (χ1) is 6.10. The van der Waals surface area contributed by atoms with Crippen molar-refractivity contribution in [3.63, 3.8) is 0 Å². The van der Waals surface area contributed by atoms with Crippen LogP contribution in [-0.2, 0) is 9.84 Å². The maximum Gasteiger partial charge on any atom is 0.152 e. The van der Waals surface area contributed by atoms with Crippen LogP contribution in [0.2, 0.25) is 0 Å². The highest BCUT2D eigenvalue weighted by Gasteiger charge is 2.32. The molecule has 13 heavy (non-hydrogen) atoms. The zero-order chi connectivity index (χ0) is 9.90. The molecule has 2 atom stereocenters. The molecule has 1 aliphatic carbocycles. The lowest BCUT2D eigenvalue weighted by Gasteiger charge is -2.11. The molecule has 1 N–H and O–H groups in total. The molecule has 0 aromatic heterocycles. The van der Waals surface area contributed by atoms with E-state index in [9.17, 15) is 8.42 Å². The van der Waals surface area contributed by atoms with Crippen LogP contribution in [0.5, 0.6) is 0 Å². The quantitative estimate of drug-likeness (QED) is 0.743. The van der Waals surface area contributed by atoms with Gasteiger partial charge in [0, 0.05) is 11.8 Å². The Bertz CT molecular complexity index is 248. The first-order valence-electron chi connectivity index (χ1n) is 5.05. The minimum Gasteiger partial charge on any atom is -0.314 e. The summed E-state index contributed by atoms with van der Waals surface area (Å²) in [5.74, 6) is 0.288. The summed E-state index contributed by atoms with van der Waals surface area (Å²) in [5, 5.41) is 3.22. The Balaban J connectivity index is 2.50. The van der Waals surface area contributed by atoms with Gasteiger partial charge in [-0.25, -0.2) is 8.42 Å². The van der Waals surface area contributed by atoms with Crippen molar-refractivity contribution in [2.24, 2.45) is 0 Å². The molecule has 1 saturated carbocycles. The topological polar surface area (TPSA) is 46.2 Å². The Hall–Kier alpha value is -0.0900. The highest BCUT2D eigenvalue weighted by atomic mass is 32.2. The van der Waals surface area contributed by atoms with Gasteiger partial charge in [-0.2, -0.15) is 0 Å². The van der Waals surface area contributed by atoms with E-state index in [1.807, 2.05) is 0 Å². The molecule has 1 aliphatic rings. The third-order valence-corrected chi connectivity index (χ3v) is 5.04. The van der Waals surface area contributed by atoms with Crippen molar-refractivity contribution in [1.82, 2.24) is 5.32 Å². The molecule has 0 heterocycles. The lowest BCUT2D eigenvalue weighted by atomic mass is 10.2. The molecule has 0 aromatic carbocycles. The molecule has 0 aromatic rings. The molecule has 0 radical (unpaired) electrons. The van der Waals surface area contributed by atoms with Crippen LogP contribution in [0, 0.1) is 0 Å². The fourth-order valence-electron chi connectivity index (χ4n) is 1.98. The van der Waals surface area contributed by atoms with Crippen molar-refractivity contribution < 1.29 is 8.42 Å². The van der Waals surface area contributed by atoms with Gasteiger partial charge in [0.05, 0.1) is 5.25 Å². The zero-order valence-electron chi connectivity index (χ0n) is 8.41. The summed E-state index contributed by atoms with van der Waals surface area (Å²) >= 11 is 0. The van der Waals surface area contributed by atoms with Crippen LogP contribution in [-0.4, -0.2) is 32.0 Å². The minimum atomic E-state index is -2.79. The normalized spacial score (nSPS) is 29.4. The van der Waals surface area contributed by atoms with Crippen LogP contribution in [0.3, 0.4) is 0 Å². The van der Waals surface area contributed by atoms with Gasteiger partial charge in [0.15, 0.2) is 9.84 Å². The molecule has 3 nitrogen and oxygen atoms in total. The largest absolute Gasteiger partial charge is 0.314 e. The van der Waals surface area contributed by atoms with E-state index in [-0.39, 0.29) is 11.0 Å². The second kappa shape index (κ2) is 4.42. The maximum absolute atomic E-state index is 11.5. The third-order valence-electron chi connectivity index (χ3n) is 2.79. The second-order valence-corrected chi connectivity index (χ2v) is 6.21. The van der Waals surface area contributed by atoms with Crippen molar-refractivity contribution in [2.75, 3.05) is 12.3 Å². The van der Waals surface area contributed by atoms with Gasteiger partial charge in [0.25, 0.3) is 0 Å². The molecule has 1 fully saturated rings. The first-order valence-corrected chi connectivity index (χ1v) is 6.76. The number of nitrogens with one attached hydrogen (secondary N) is 1. The standard InChI is InChI=1S/C9H19NO2S/c1-3-10-8-5-6-9(7-8)13(11,12)4-2/h8-10H,3-7H2,1-2H3. The Labute approximate surface area is 80.8 Å². The lowest BCUT2D eigenvalue weighted by molar-refractivity contribution is 0.537. The fourth-order valence-corrected chi connectivity index (χ4v) is 3.47. The smallest absolute Gasteiger partial charge is 0.152 e. The number of sulfone groups is 1. The average molecular weight is 205 g/mol. The monoisotopic (exact) mass is 205 g/mol. The van der Waals surface area contributed by atoms with Gasteiger partial charge in [0.1, 0.15) is 0 Å². The van der Waals surface area contributed by atoms with E-state index in [1.165, 1.54) is 0 Å². The van der Waals surface area contributed by atoms with Crippen molar-refractivity contribution >= 4 is 9.84 Å². The van der Waals surface area contributed by atoms with Gasteiger partial charge >= 0.3 is 0 Å². The van der Waals surface area contributed by atoms with Crippen LogP contribution >= 0.6 is 0 Å². The zero-order valence-corrected chi connectivity index (χ0v) is 9.23. The van der Waals surface area contributed by atoms with E-state index < -0.39 is 9.84 Å². The van der Waals surface area contributed by atoms with Crippen molar-refractivity contribution in [3.05, 3.63) is 0 Å².